The smallest absolute Gasteiger partial charge is 0.127 e. The molecule has 3 rings (SSSR count). The van der Waals surface area contributed by atoms with Crippen LogP contribution < -0.4 is 4.74 Å². The predicted molar refractivity (Wildman–Crippen MR) is 93.2 cm³/mol. The fraction of sp³-hybridized carbons (Fsp3) is 0.400. The first kappa shape index (κ1) is 17.2. The molecule has 23 heavy (non-hydrogen) atoms. The van der Waals surface area contributed by atoms with E-state index in [1.807, 2.05) is 32.0 Å². The van der Waals surface area contributed by atoms with Crippen LogP contribution in [-0.2, 0) is 0 Å². The van der Waals surface area contributed by atoms with Crippen molar-refractivity contribution < 1.29 is 14.9 Å². The normalized spacial score (nSPS) is 19.1. The molecule has 3 heteroatoms. The first-order valence-corrected chi connectivity index (χ1v) is 8.46. The summed E-state index contributed by atoms with van der Waals surface area (Å²) in [5.41, 5.74) is 2.24. The molecule has 2 atom stereocenters. The van der Waals surface area contributed by atoms with Crippen LogP contribution in [0.1, 0.15) is 63.2 Å². The molecule has 0 aliphatic carbocycles. The lowest BCUT2D eigenvalue weighted by Crippen LogP contribution is -2.19. The second-order valence-electron chi connectivity index (χ2n) is 5.64. The lowest BCUT2D eigenvalue weighted by atomic mass is 9.84. The van der Waals surface area contributed by atoms with E-state index in [1.54, 1.807) is 24.3 Å². The molecule has 124 valence electrons. The topological polar surface area (TPSA) is 49.7 Å². The molecule has 0 spiro atoms. The third-order valence-corrected chi connectivity index (χ3v) is 4.11. The van der Waals surface area contributed by atoms with Gasteiger partial charge in [0.15, 0.2) is 0 Å². The van der Waals surface area contributed by atoms with Crippen LogP contribution in [-0.4, -0.2) is 10.2 Å². The second-order valence-corrected chi connectivity index (χ2v) is 5.64. The van der Waals surface area contributed by atoms with E-state index in [-0.39, 0.29) is 17.6 Å². The molecule has 0 saturated carbocycles. The van der Waals surface area contributed by atoms with Gasteiger partial charge in [-0.1, -0.05) is 45.4 Å². The molecule has 0 bridgehead atoms. The predicted octanol–water partition coefficient (Wildman–Crippen LogP) is 5.53. The number of rotatable bonds is 3. The minimum atomic E-state index is -0.0311. The van der Waals surface area contributed by atoms with Gasteiger partial charge < -0.3 is 14.9 Å². The van der Waals surface area contributed by atoms with Gasteiger partial charge in [0.1, 0.15) is 23.4 Å². The average molecular weight is 314 g/mol. The van der Waals surface area contributed by atoms with Crippen LogP contribution in [0.3, 0.4) is 0 Å². The van der Waals surface area contributed by atoms with E-state index in [0.717, 1.165) is 30.6 Å². The minimum absolute atomic E-state index is 0.0311. The highest BCUT2D eigenvalue weighted by atomic mass is 16.5. The van der Waals surface area contributed by atoms with Crippen molar-refractivity contribution in [2.24, 2.45) is 0 Å². The number of phenols is 2. The summed E-state index contributed by atoms with van der Waals surface area (Å²) in [6, 6.07) is 12.6. The Kier molecular flexibility index (Phi) is 5.91. The third-order valence-electron chi connectivity index (χ3n) is 4.11. The highest BCUT2D eigenvalue weighted by Crippen LogP contribution is 2.45. The first-order valence-electron chi connectivity index (χ1n) is 8.46. The molecule has 1 heterocycles. The van der Waals surface area contributed by atoms with Crippen LogP contribution in [0.4, 0.5) is 0 Å². The highest BCUT2D eigenvalue weighted by Gasteiger charge is 2.29. The Hall–Kier alpha value is -2.16. The molecule has 0 aromatic heterocycles. The van der Waals surface area contributed by atoms with Crippen LogP contribution in [0.15, 0.2) is 42.5 Å². The Morgan fingerprint density at radius 2 is 1.65 bits per heavy atom. The zero-order valence-corrected chi connectivity index (χ0v) is 14.1. The van der Waals surface area contributed by atoms with Gasteiger partial charge in [-0.05, 0) is 48.1 Å². The van der Waals surface area contributed by atoms with Crippen molar-refractivity contribution in [1.29, 1.82) is 0 Å². The fourth-order valence-corrected chi connectivity index (χ4v) is 3.06. The summed E-state index contributed by atoms with van der Waals surface area (Å²) in [6.07, 6.45) is 3.12. The van der Waals surface area contributed by atoms with Crippen molar-refractivity contribution in [2.45, 2.75) is 52.1 Å². The van der Waals surface area contributed by atoms with Crippen molar-refractivity contribution in [2.75, 3.05) is 0 Å². The number of benzene rings is 2. The standard InChI is InChI=1S/C18H20O3.C2H6/c1-2-3-13-10-17(12-4-6-14(19)7-5-12)21-18-11-15(20)8-9-16(13)18;1-2/h4-9,11,13,17,19-20H,2-3,10H2,1H3;1-2H3. The Balaban J connectivity index is 0.000000924. The lowest BCUT2D eigenvalue weighted by molar-refractivity contribution is 0.157. The van der Waals surface area contributed by atoms with Gasteiger partial charge in [-0.25, -0.2) is 0 Å². The van der Waals surface area contributed by atoms with Crippen LogP contribution >= 0.6 is 0 Å². The Morgan fingerprint density at radius 1 is 1.00 bits per heavy atom. The van der Waals surface area contributed by atoms with Crippen molar-refractivity contribution in [3.8, 4) is 17.2 Å². The second kappa shape index (κ2) is 7.91. The van der Waals surface area contributed by atoms with Crippen LogP contribution in [0.2, 0.25) is 0 Å². The molecular weight excluding hydrogens is 288 g/mol. The van der Waals surface area contributed by atoms with Crippen molar-refractivity contribution in [1.82, 2.24) is 0 Å². The molecule has 1 aliphatic heterocycles. The zero-order valence-electron chi connectivity index (χ0n) is 14.1. The lowest BCUT2D eigenvalue weighted by Gasteiger charge is -2.32. The molecule has 2 aromatic rings. The van der Waals surface area contributed by atoms with Gasteiger partial charge in [-0.3, -0.25) is 0 Å². The maximum Gasteiger partial charge on any atom is 0.127 e. The highest BCUT2D eigenvalue weighted by molar-refractivity contribution is 5.44. The maximum atomic E-state index is 9.68. The van der Waals surface area contributed by atoms with Gasteiger partial charge in [0.05, 0.1) is 0 Å². The van der Waals surface area contributed by atoms with Gasteiger partial charge in [0.2, 0.25) is 0 Å². The number of ether oxygens (including phenoxy) is 1. The molecule has 0 amide bonds. The molecule has 2 unspecified atom stereocenters. The fourth-order valence-electron chi connectivity index (χ4n) is 3.06. The quantitative estimate of drug-likeness (QED) is 0.783. The van der Waals surface area contributed by atoms with E-state index in [4.69, 9.17) is 4.74 Å². The van der Waals surface area contributed by atoms with Gasteiger partial charge in [0.25, 0.3) is 0 Å². The number of phenolic OH excluding ortho intramolecular Hbond substituents is 2. The third kappa shape index (κ3) is 3.98. The van der Waals surface area contributed by atoms with Crippen LogP contribution in [0.25, 0.3) is 0 Å². The molecule has 3 nitrogen and oxygen atoms in total. The maximum absolute atomic E-state index is 9.68. The number of hydrogen-bond acceptors (Lipinski definition) is 3. The summed E-state index contributed by atoms with van der Waals surface area (Å²) in [5.74, 6) is 1.71. The average Bonchev–Trinajstić information content (AvgIpc) is 2.57. The molecule has 0 radical (unpaired) electrons. The van der Waals surface area contributed by atoms with Crippen LogP contribution in [0.5, 0.6) is 17.2 Å². The van der Waals surface area contributed by atoms with Crippen molar-refractivity contribution in [3.63, 3.8) is 0 Å². The van der Waals surface area contributed by atoms with Crippen molar-refractivity contribution >= 4 is 0 Å². The molecule has 2 aromatic carbocycles. The Morgan fingerprint density at radius 3 is 2.30 bits per heavy atom. The monoisotopic (exact) mass is 314 g/mol. The summed E-state index contributed by atoms with van der Waals surface area (Å²) < 4.78 is 6.07. The Labute approximate surface area is 138 Å². The van der Waals surface area contributed by atoms with E-state index in [2.05, 4.69) is 6.92 Å². The largest absolute Gasteiger partial charge is 0.508 e. The number of aromatic hydroxyl groups is 2. The number of hydrogen-bond donors (Lipinski definition) is 2. The van der Waals surface area contributed by atoms with E-state index >= 15 is 0 Å². The molecule has 1 aliphatic rings. The van der Waals surface area contributed by atoms with Gasteiger partial charge in [-0.15, -0.1) is 0 Å². The van der Waals surface area contributed by atoms with Gasteiger partial charge in [0, 0.05) is 6.07 Å². The van der Waals surface area contributed by atoms with Gasteiger partial charge in [-0.2, -0.15) is 0 Å². The minimum Gasteiger partial charge on any atom is -0.508 e. The number of fused-ring (bicyclic) bond motifs is 1. The SMILES string of the molecule is CC.CCCC1CC(c2ccc(O)cc2)Oc2cc(O)ccc21. The molecular formula is C20H26O3. The summed E-state index contributed by atoms with van der Waals surface area (Å²) >= 11 is 0. The van der Waals surface area contributed by atoms with E-state index < -0.39 is 0 Å². The van der Waals surface area contributed by atoms with Crippen molar-refractivity contribution in [3.05, 3.63) is 53.6 Å². The molecule has 2 N–H and O–H groups in total. The summed E-state index contributed by atoms with van der Waals surface area (Å²) in [4.78, 5) is 0. The van der Waals surface area contributed by atoms with E-state index in [1.165, 1.54) is 5.56 Å². The van der Waals surface area contributed by atoms with E-state index in [9.17, 15) is 10.2 Å². The zero-order chi connectivity index (χ0) is 16.8. The Bertz CT molecular complexity index is 619. The summed E-state index contributed by atoms with van der Waals surface area (Å²) in [6.45, 7) is 6.19. The van der Waals surface area contributed by atoms with Crippen LogP contribution in [0, 0.1) is 0 Å². The van der Waals surface area contributed by atoms with E-state index in [0.29, 0.717) is 5.92 Å². The molecule has 0 saturated heterocycles. The first-order chi connectivity index (χ1) is 11.2. The molecule has 0 fully saturated rings. The van der Waals surface area contributed by atoms with Gasteiger partial charge >= 0.3 is 0 Å². The summed E-state index contributed by atoms with van der Waals surface area (Å²) in [5, 5.41) is 19.1. The summed E-state index contributed by atoms with van der Waals surface area (Å²) in [7, 11) is 0.